The molecular weight excluding hydrogens is 134 g/mol. The Morgan fingerprint density at radius 2 is 2.00 bits per heavy atom. The maximum atomic E-state index is 4.53. The van der Waals surface area contributed by atoms with Crippen LogP contribution in [0.4, 0.5) is 0 Å². The predicted molar refractivity (Wildman–Crippen MR) is 38.3 cm³/mol. The van der Waals surface area contributed by atoms with E-state index >= 15 is 0 Å². The second-order valence-corrected chi connectivity index (χ2v) is 2.52. The van der Waals surface area contributed by atoms with E-state index in [1.165, 1.54) is 4.31 Å². The van der Waals surface area contributed by atoms with E-state index < -0.39 is 0 Å². The minimum absolute atomic E-state index is 0.485. The molecule has 4 heteroatoms. The van der Waals surface area contributed by atoms with Gasteiger partial charge in [0, 0.05) is 7.05 Å². The van der Waals surface area contributed by atoms with Gasteiger partial charge in [0.05, 0.1) is 0 Å². The van der Waals surface area contributed by atoms with Gasteiger partial charge in [-0.3, -0.25) is 0 Å². The van der Waals surface area contributed by atoms with Gasteiger partial charge < -0.3 is 4.31 Å². The van der Waals surface area contributed by atoms with Crippen LogP contribution in [0.5, 0.6) is 0 Å². The van der Waals surface area contributed by atoms with Gasteiger partial charge in [-0.1, -0.05) is 25.0 Å². The molecule has 0 bridgehead atoms. The molecule has 0 aliphatic heterocycles. The normalized spacial score (nSPS) is 7.83. The first-order chi connectivity index (χ1) is 2.64. The Morgan fingerprint density at radius 1 is 1.83 bits per heavy atom. The molecule has 0 aromatic rings. The predicted octanol–water partition coefficient (Wildman–Crippen LogP) is 0.978. The average molecular weight is 139 g/mol. The Labute approximate surface area is 53.7 Å². The van der Waals surface area contributed by atoms with Crippen molar-refractivity contribution in [2.45, 2.75) is 0 Å². The van der Waals surface area contributed by atoms with E-state index in [0.29, 0.717) is 4.32 Å². The van der Waals surface area contributed by atoms with Crippen LogP contribution in [0, 0.1) is 0 Å². The van der Waals surface area contributed by atoms with Crippen LogP contribution in [0.25, 0.3) is 0 Å². The summed E-state index contributed by atoms with van der Waals surface area (Å²) < 4.78 is 1.94. The Kier molecular flexibility index (Phi) is 2.98. The van der Waals surface area contributed by atoms with Crippen molar-refractivity contribution in [3.05, 3.63) is 0 Å². The zero-order valence-electron chi connectivity index (χ0n) is 3.25. The van der Waals surface area contributed by atoms with Crippen LogP contribution >= 0.6 is 37.7 Å². The standard InChI is InChI=1S/C2H5NS3/c1-3(6)2(4)5/h6H,1H3,(H,4,5). The molecule has 0 fully saturated rings. The van der Waals surface area contributed by atoms with Crippen molar-refractivity contribution in [2.75, 3.05) is 7.05 Å². The fourth-order valence-electron chi connectivity index (χ4n) is 0. The second kappa shape index (κ2) is 2.71. The minimum atomic E-state index is 0.485. The van der Waals surface area contributed by atoms with Crippen LogP contribution in [-0.2, 0) is 0 Å². The summed E-state index contributed by atoms with van der Waals surface area (Å²) in [5.41, 5.74) is 0. The van der Waals surface area contributed by atoms with Crippen molar-refractivity contribution in [3.63, 3.8) is 0 Å². The van der Waals surface area contributed by atoms with Crippen molar-refractivity contribution in [2.24, 2.45) is 0 Å². The maximum Gasteiger partial charge on any atom is 0.142 e. The summed E-state index contributed by atoms with van der Waals surface area (Å²) in [4.78, 5) is 0. The lowest BCUT2D eigenvalue weighted by molar-refractivity contribution is 0.895. The van der Waals surface area contributed by atoms with Gasteiger partial charge in [0.25, 0.3) is 0 Å². The van der Waals surface area contributed by atoms with Crippen molar-refractivity contribution >= 4 is 42.0 Å². The second-order valence-electron chi connectivity index (χ2n) is 0.806. The fraction of sp³-hybridized carbons (Fsp3) is 0.500. The molecule has 0 aromatic heterocycles. The number of hydrogen-bond donors (Lipinski definition) is 2. The highest BCUT2D eigenvalue weighted by Gasteiger charge is 1.85. The molecule has 0 heterocycles. The molecule has 0 aliphatic carbocycles. The number of rotatable bonds is 0. The Morgan fingerprint density at radius 3 is 2.00 bits per heavy atom. The van der Waals surface area contributed by atoms with Crippen LogP contribution < -0.4 is 0 Å². The largest absolute Gasteiger partial charge is 0.307 e. The molecule has 0 saturated heterocycles. The van der Waals surface area contributed by atoms with Crippen LogP contribution in [0.2, 0.25) is 0 Å². The lowest BCUT2D eigenvalue weighted by Crippen LogP contribution is -2.05. The van der Waals surface area contributed by atoms with Crippen LogP contribution in [0.1, 0.15) is 0 Å². The molecule has 36 valence electrons. The topological polar surface area (TPSA) is 3.24 Å². The van der Waals surface area contributed by atoms with E-state index in [4.69, 9.17) is 0 Å². The van der Waals surface area contributed by atoms with Gasteiger partial charge in [0.2, 0.25) is 0 Å². The smallest absolute Gasteiger partial charge is 0.142 e. The summed E-state index contributed by atoms with van der Waals surface area (Å²) in [7, 11) is 1.72. The monoisotopic (exact) mass is 139 g/mol. The summed E-state index contributed by atoms with van der Waals surface area (Å²) in [5.74, 6) is 0. The van der Waals surface area contributed by atoms with Crippen molar-refractivity contribution in [1.29, 1.82) is 0 Å². The average Bonchev–Trinajstić information content (AvgIpc) is 1.36. The molecule has 0 aliphatic rings. The van der Waals surface area contributed by atoms with Gasteiger partial charge in [-0.2, -0.15) is 0 Å². The van der Waals surface area contributed by atoms with E-state index in [-0.39, 0.29) is 0 Å². The van der Waals surface area contributed by atoms with E-state index in [2.05, 4.69) is 37.7 Å². The first kappa shape index (κ1) is 6.59. The third-order valence-corrected chi connectivity index (χ3v) is 1.34. The summed E-state index contributed by atoms with van der Waals surface area (Å²) in [5, 5.41) is 0. The molecule has 0 atom stereocenters. The zero-order valence-corrected chi connectivity index (χ0v) is 5.86. The highest BCUT2D eigenvalue weighted by Crippen LogP contribution is 1.92. The number of thiol groups is 2. The minimum Gasteiger partial charge on any atom is -0.307 e. The molecule has 0 amide bonds. The van der Waals surface area contributed by atoms with Gasteiger partial charge in [0.1, 0.15) is 4.32 Å². The van der Waals surface area contributed by atoms with E-state index in [1.54, 1.807) is 7.05 Å². The molecule has 0 unspecified atom stereocenters. The van der Waals surface area contributed by atoms with Gasteiger partial charge in [-0.25, -0.2) is 0 Å². The quantitative estimate of drug-likeness (QED) is 0.380. The first-order valence-corrected chi connectivity index (χ1v) is 2.55. The summed E-state index contributed by atoms with van der Waals surface area (Å²) in [6, 6.07) is 0. The summed E-state index contributed by atoms with van der Waals surface area (Å²) in [6.45, 7) is 0. The zero-order chi connectivity index (χ0) is 5.15. The molecule has 6 heavy (non-hydrogen) atoms. The summed E-state index contributed by atoms with van der Waals surface area (Å²) in [6.07, 6.45) is 0. The van der Waals surface area contributed by atoms with Gasteiger partial charge in [-0.15, -0.1) is 12.6 Å². The fourth-order valence-corrected chi connectivity index (χ4v) is 0. The van der Waals surface area contributed by atoms with Gasteiger partial charge in [0.15, 0.2) is 0 Å². The maximum absolute atomic E-state index is 4.53. The molecule has 1 nitrogen and oxygen atoms in total. The molecule has 0 spiro atoms. The van der Waals surface area contributed by atoms with Gasteiger partial charge >= 0.3 is 0 Å². The van der Waals surface area contributed by atoms with Crippen LogP contribution in [-0.4, -0.2) is 15.7 Å². The SMILES string of the molecule is CN(S)C(=S)S. The molecule has 0 saturated carbocycles. The van der Waals surface area contributed by atoms with E-state index in [1.807, 2.05) is 0 Å². The number of hydrogen-bond acceptors (Lipinski definition) is 2. The highest BCUT2D eigenvalue weighted by molar-refractivity contribution is 8.12. The van der Waals surface area contributed by atoms with Crippen molar-refractivity contribution < 1.29 is 0 Å². The third-order valence-electron chi connectivity index (χ3n) is 0.277. The molecule has 0 aromatic carbocycles. The van der Waals surface area contributed by atoms with Crippen molar-refractivity contribution in [3.8, 4) is 0 Å². The summed E-state index contributed by atoms with van der Waals surface area (Å²) >= 11 is 12.1. The van der Waals surface area contributed by atoms with Crippen molar-refractivity contribution in [1.82, 2.24) is 4.31 Å². The third kappa shape index (κ3) is 2.81. The number of nitrogens with zero attached hydrogens (tertiary/aromatic N) is 1. The molecule has 0 rings (SSSR count). The number of thiocarbonyl (C=S) groups is 1. The Balaban J connectivity index is 3.26. The lowest BCUT2D eigenvalue weighted by Gasteiger charge is -2.02. The Bertz CT molecular complexity index is 59.8. The van der Waals surface area contributed by atoms with Gasteiger partial charge in [-0.05, 0) is 0 Å². The lowest BCUT2D eigenvalue weighted by atomic mass is 11.2. The van der Waals surface area contributed by atoms with Crippen LogP contribution in [0.15, 0.2) is 0 Å². The first-order valence-electron chi connectivity index (χ1n) is 1.30. The highest BCUT2D eigenvalue weighted by atomic mass is 32.1. The van der Waals surface area contributed by atoms with Crippen LogP contribution in [0.3, 0.4) is 0 Å². The molecule has 0 N–H and O–H groups in total. The Hall–Kier alpha value is 0.590. The molecule has 0 radical (unpaired) electrons. The van der Waals surface area contributed by atoms with E-state index in [0.717, 1.165) is 0 Å². The molecular formula is C2H5NS3. The van der Waals surface area contributed by atoms with E-state index in [9.17, 15) is 0 Å².